The average Bonchev–Trinajstić information content (AvgIpc) is 3.38. The number of piperidine rings is 1. The monoisotopic (exact) mass is 493 g/mol. The zero-order chi connectivity index (χ0) is 25.2. The SMILES string of the molecule is O=C(NCc1cc(C(F)(F)F)ccc1F)c1cn(C2CCCC2)cc(C(=O)N2CCCCC2)c1=O. The molecule has 35 heavy (non-hydrogen) atoms. The van der Waals surface area contributed by atoms with Crippen LogP contribution in [0.15, 0.2) is 35.4 Å². The summed E-state index contributed by atoms with van der Waals surface area (Å²) in [6.45, 7) is 0.529. The number of halogens is 4. The molecule has 0 radical (unpaired) electrons. The molecule has 1 saturated heterocycles. The van der Waals surface area contributed by atoms with Gasteiger partial charge in [0.2, 0.25) is 5.43 Å². The van der Waals surface area contributed by atoms with Crippen molar-refractivity contribution >= 4 is 11.8 Å². The smallest absolute Gasteiger partial charge is 0.349 e. The molecule has 0 spiro atoms. The molecule has 0 bridgehead atoms. The highest BCUT2D eigenvalue weighted by molar-refractivity contribution is 5.99. The van der Waals surface area contributed by atoms with E-state index in [1.165, 1.54) is 12.4 Å². The van der Waals surface area contributed by atoms with Crippen LogP contribution in [0, 0.1) is 5.82 Å². The van der Waals surface area contributed by atoms with Crippen LogP contribution in [0.25, 0.3) is 0 Å². The first-order chi connectivity index (χ1) is 16.6. The normalized spacial score (nSPS) is 17.0. The first-order valence-corrected chi connectivity index (χ1v) is 11.8. The fraction of sp³-hybridized carbons (Fsp3) is 0.480. The van der Waals surface area contributed by atoms with Crippen molar-refractivity contribution in [1.29, 1.82) is 0 Å². The largest absolute Gasteiger partial charge is 0.416 e. The number of carbonyl (C=O) groups is 2. The highest BCUT2D eigenvalue weighted by Gasteiger charge is 2.31. The topological polar surface area (TPSA) is 71.4 Å². The van der Waals surface area contributed by atoms with Gasteiger partial charge in [-0.1, -0.05) is 12.8 Å². The molecule has 2 fully saturated rings. The summed E-state index contributed by atoms with van der Waals surface area (Å²) in [6, 6.07) is 1.98. The van der Waals surface area contributed by atoms with Crippen molar-refractivity contribution in [3.63, 3.8) is 0 Å². The lowest BCUT2D eigenvalue weighted by Crippen LogP contribution is -2.40. The molecule has 0 unspecified atom stereocenters. The Morgan fingerprint density at radius 2 is 1.63 bits per heavy atom. The van der Waals surface area contributed by atoms with Crippen LogP contribution in [0.5, 0.6) is 0 Å². The van der Waals surface area contributed by atoms with Crippen LogP contribution in [0.3, 0.4) is 0 Å². The van der Waals surface area contributed by atoms with E-state index >= 15 is 0 Å². The second kappa shape index (κ2) is 10.2. The minimum Gasteiger partial charge on any atom is -0.349 e. The molecule has 2 amide bonds. The number of amides is 2. The Morgan fingerprint density at radius 3 is 2.29 bits per heavy atom. The molecule has 1 aromatic carbocycles. The first-order valence-electron chi connectivity index (χ1n) is 11.8. The Labute approximate surface area is 199 Å². The van der Waals surface area contributed by atoms with Crippen LogP contribution >= 0.6 is 0 Å². The zero-order valence-corrected chi connectivity index (χ0v) is 19.2. The van der Waals surface area contributed by atoms with Gasteiger partial charge >= 0.3 is 6.18 Å². The first kappa shape index (κ1) is 24.9. The number of likely N-dealkylation sites (tertiary alicyclic amines) is 1. The van der Waals surface area contributed by atoms with Gasteiger partial charge in [0.25, 0.3) is 11.8 Å². The van der Waals surface area contributed by atoms with Gasteiger partial charge in [-0.2, -0.15) is 13.2 Å². The summed E-state index contributed by atoms with van der Waals surface area (Å²) in [5.41, 5.74) is -2.52. The predicted octanol–water partition coefficient (Wildman–Crippen LogP) is 4.68. The number of hydrogen-bond donors (Lipinski definition) is 1. The zero-order valence-electron chi connectivity index (χ0n) is 19.2. The summed E-state index contributed by atoms with van der Waals surface area (Å²) in [4.78, 5) is 40.9. The van der Waals surface area contributed by atoms with Crippen LogP contribution in [0.1, 0.15) is 82.8 Å². The third kappa shape index (κ3) is 5.57. The molecule has 1 N–H and O–H groups in total. The average molecular weight is 494 g/mol. The quantitative estimate of drug-likeness (QED) is 0.615. The molecule has 10 heteroatoms. The Kier molecular flexibility index (Phi) is 7.28. The van der Waals surface area contributed by atoms with E-state index in [2.05, 4.69) is 5.32 Å². The second-order valence-corrected chi connectivity index (χ2v) is 9.14. The van der Waals surface area contributed by atoms with Gasteiger partial charge in [0.15, 0.2) is 0 Å². The lowest BCUT2D eigenvalue weighted by atomic mass is 10.1. The van der Waals surface area contributed by atoms with Gasteiger partial charge in [-0.05, 0) is 50.3 Å². The van der Waals surface area contributed by atoms with E-state index in [-0.39, 0.29) is 22.7 Å². The number of aromatic nitrogens is 1. The van der Waals surface area contributed by atoms with Crippen molar-refractivity contribution in [2.45, 2.75) is 63.7 Å². The van der Waals surface area contributed by atoms with E-state index in [0.29, 0.717) is 31.3 Å². The number of pyridine rings is 1. The summed E-state index contributed by atoms with van der Waals surface area (Å²) in [7, 11) is 0. The molecule has 1 saturated carbocycles. The van der Waals surface area contributed by atoms with Crippen molar-refractivity contribution in [1.82, 2.24) is 14.8 Å². The fourth-order valence-electron chi connectivity index (χ4n) is 4.75. The van der Waals surface area contributed by atoms with Crippen molar-refractivity contribution in [2.24, 2.45) is 0 Å². The molecule has 0 atom stereocenters. The van der Waals surface area contributed by atoms with E-state index in [1.54, 1.807) is 9.47 Å². The van der Waals surface area contributed by atoms with Crippen molar-refractivity contribution in [3.05, 3.63) is 68.9 Å². The van der Waals surface area contributed by atoms with Crippen molar-refractivity contribution in [3.8, 4) is 0 Å². The van der Waals surface area contributed by atoms with Crippen molar-refractivity contribution < 1.29 is 27.2 Å². The number of nitrogens with zero attached hydrogens (tertiary/aromatic N) is 2. The van der Waals surface area contributed by atoms with Gasteiger partial charge in [-0.15, -0.1) is 0 Å². The van der Waals surface area contributed by atoms with Gasteiger partial charge in [0, 0.05) is 43.6 Å². The number of rotatable bonds is 5. The lowest BCUT2D eigenvalue weighted by Gasteiger charge is -2.27. The molecule has 188 valence electrons. The molecule has 4 rings (SSSR count). The molecule has 2 aromatic rings. The van der Waals surface area contributed by atoms with Crippen LogP contribution in [0.2, 0.25) is 0 Å². The maximum absolute atomic E-state index is 14.1. The van der Waals surface area contributed by atoms with E-state index < -0.39 is 41.3 Å². The highest BCUT2D eigenvalue weighted by Crippen LogP contribution is 2.31. The number of hydrogen-bond acceptors (Lipinski definition) is 3. The van der Waals surface area contributed by atoms with E-state index in [9.17, 15) is 31.9 Å². The summed E-state index contributed by atoms with van der Waals surface area (Å²) < 4.78 is 54.8. The minimum absolute atomic E-state index is 0.0379. The summed E-state index contributed by atoms with van der Waals surface area (Å²) >= 11 is 0. The van der Waals surface area contributed by atoms with Crippen molar-refractivity contribution in [2.75, 3.05) is 13.1 Å². The van der Waals surface area contributed by atoms with Gasteiger partial charge in [0.1, 0.15) is 16.9 Å². The number of alkyl halides is 3. The highest BCUT2D eigenvalue weighted by atomic mass is 19.4. The molecule has 6 nitrogen and oxygen atoms in total. The van der Waals surface area contributed by atoms with Crippen LogP contribution < -0.4 is 10.7 Å². The molecule has 2 aliphatic rings. The summed E-state index contributed by atoms with van der Waals surface area (Å²) in [5, 5.41) is 2.35. The minimum atomic E-state index is -4.66. The predicted molar refractivity (Wildman–Crippen MR) is 121 cm³/mol. The number of benzene rings is 1. The van der Waals surface area contributed by atoms with E-state index in [1.807, 2.05) is 0 Å². The Morgan fingerprint density at radius 1 is 0.971 bits per heavy atom. The molecule has 2 heterocycles. The summed E-state index contributed by atoms with van der Waals surface area (Å²) in [5.74, 6) is -2.21. The maximum Gasteiger partial charge on any atom is 0.416 e. The Bertz CT molecular complexity index is 1160. The Balaban J connectivity index is 1.63. The van der Waals surface area contributed by atoms with E-state index in [0.717, 1.165) is 44.9 Å². The van der Waals surface area contributed by atoms with Crippen LogP contribution in [-0.4, -0.2) is 34.4 Å². The lowest BCUT2D eigenvalue weighted by molar-refractivity contribution is -0.137. The second-order valence-electron chi connectivity index (χ2n) is 9.14. The standard InChI is InChI=1S/C25H27F4N3O3/c26-21-9-8-17(25(27,28)29)12-16(21)13-30-23(34)19-14-32(18-6-2-3-7-18)15-20(22(19)33)24(35)31-10-4-1-5-11-31/h8-9,12,14-15,18H,1-7,10-11,13H2,(H,30,34). The molecular weight excluding hydrogens is 466 g/mol. The van der Waals surface area contributed by atoms with Gasteiger partial charge in [-0.3, -0.25) is 14.4 Å². The third-order valence-corrected chi connectivity index (χ3v) is 6.72. The summed E-state index contributed by atoms with van der Waals surface area (Å²) in [6.07, 6.45) is 4.59. The molecule has 1 aliphatic heterocycles. The third-order valence-electron chi connectivity index (χ3n) is 6.72. The Hall–Kier alpha value is -3.17. The molecule has 1 aliphatic carbocycles. The van der Waals surface area contributed by atoms with Crippen LogP contribution in [0.4, 0.5) is 17.6 Å². The maximum atomic E-state index is 14.1. The molecule has 1 aromatic heterocycles. The molecular formula is C25H27F4N3O3. The van der Waals surface area contributed by atoms with E-state index in [4.69, 9.17) is 0 Å². The van der Waals surface area contributed by atoms with Gasteiger partial charge in [-0.25, -0.2) is 4.39 Å². The van der Waals surface area contributed by atoms with Gasteiger partial charge < -0.3 is 14.8 Å². The number of carbonyl (C=O) groups excluding carboxylic acids is 2. The number of nitrogens with one attached hydrogen (secondary N) is 1. The fourth-order valence-corrected chi connectivity index (χ4v) is 4.75. The van der Waals surface area contributed by atoms with Gasteiger partial charge in [0.05, 0.1) is 5.56 Å². The van der Waals surface area contributed by atoms with Crippen LogP contribution in [-0.2, 0) is 12.7 Å².